The van der Waals surface area contributed by atoms with Crippen LogP contribution in [0.3, 0.4) is 0 Å². The smallest absolute Gasteiger partial charge is 0.321 e. The number of urea groups is 1. The molecule has 1 aliphatic carbocycles. The fourth-order valence-electron chi connectivity index (χ4n) is 3.29. The van der Waals surface area contributed by atoms with Crippen LogP contribution in [0, 0.1) is 0 Å². The molecule has 1 fully saturated rings. The zero-order valence-corrected chi connectivity index (χ0v) is 15.4. The lowest BCUT2D eigenvalue weighted by Gasteiger charge is -2.25. The van der Waals surface area contributed by atoms with Crippen LogP contribution in [-0.2, 0) is 4.79 Å². The zero-order valence-electron chi connectivity index (χ0n) is 14.6. The Labute approximate surface area is 151 Å². The zero-order chi connectivity index (χ0) is 17.8. The lowest BCUT2D eigenvalue weighted by atomic mass is 9.95. The maximum absolute atomic E-state index is 12.2. The highest BCUT2D eigenvalue weighted by Gasteiger charge is 2.25. The minimum atomic E-state index is -0.488. The minimum absolute atomic E-state index is 0.313. The van der Waals surface area contributed by atoms with Crippen LogP contribution in [0.5, 0.6) is 0 Å². The van der Waals surface area contributed by atoms with E-state index >= 15 is 0 Å². The maximum Gasteiger partial charge on any atom is 0.321 e. The topological polar surface area (TPSA) is 76.0 Å². The molecular formula is C18H24N4O2S. The molecule has 0 spiro atoms. The average Bonchev–Trinajstić information content (AvgIpc) is 2.99. The number of carbonyl (C=O) groups is 2. The number of nitrogens with one attached hydrogen (secondary N) is 2. The number of hydrogen-bond donors (Lipinski definition) is 2. The largest absolute Gasteiger partial charge is 0.341 e. The minimum Gasteiger partial charge on any atom is -0.341 e. The number of amides is 3. The summed E-state index contributed by atoms with van der Waals surface area (Å²) < 4.78 is 2.29. The molecule has 6 nitrogen and oxygen atoms in total. The standard InChI is InChI=1S/C18H24N4O2S/c1-12(16(23)21-17(24)19-2)25-18-20-14-10-6-7-11-15(14)22(18)13-8-4-3-5-9-13/h6-7,10-13H,3-5,8-9H2,1-2H3,(H2,19,21,23,24)/t12-/m0/s1. The third-order valence-corrected chi connectivity index (χ3v) is 5.68. The van der Waals surface area contributed by atoms with E-state index in [1.165, 1.54) is 38.1 Å². The molecular weight excluding hydrogens is 336 g/mol. The van der Waals surface area contributed by atoms with Gasteiger partial charge in [-0.05, 0) is 31.9 Å². The van der Waals surface area contributed by atoms with Crippen LogP contribution < -0.4 is 10.6 Å². The first-order chi connectivity index (χ1) is 12.1. The van der Waals surface area contributed by atoms with Crippen LogP contribution in [0.2, 0.25) is 0 Å². The Hall–Kier alpha value is -2.02. The van der Waals surface area contributed by atoms with Crippen molar-refractivity contribution in [3.8, 4) is 0 Å². The van der Waals surface area contributed by atoms with E-state index in [1.807, 2.05) is 18.2 Å². The van der Waals surface area contributed by atoms with Crippen LogP contribution in [0.25, 0.3) is 11.0 Å². The van der Waals surface area contributed by atoms with E-state index in [4.69, 9.17) is 4.98 Å². The van der Waals surface area contributed by atoms with Crippen LogP contribution in [0.1, 0.15) is 45.1 Å². The molecule has 2 N–H and O–H groups in total. The van der Waals surface area contributed by atoms with Crippen molar-refractivity contribution < 1.29 is 9.59 Å². The number of carbonyl (C=O) groups excluding carboxylic acids is 2. The number of imidazole rings is 1. The molecule has 0 unspecified atom stereocenters. The van der Waals surface area contributed by atoms with Crippen LogP contribution in [0.4, 0.5) is 4.79 Å². The predicted molar refractivity (Wildman–Crippen MR) is 99.8 cm³/mol. The number of nitrogens with zero attached hydrogens (tertiary/aromatic N) is 2. The predicted octanol–water partition coefficient (Wildman–Crippen LogP) is 3.48. The second-order valence-electron chi connectivity index (χ2n) is 6.37. The number of fused-ring (bicyclic) bond motifs is 1. The Morgan fingerprint density at radius 1 is 1.24 bits per heavy atom. The lowest BCUT2D eigenvalue weighted by molar-refractivity contribution is -0.119. The van der Waals surface area contributed by atoms with Crippen LogP contribution in [0.15, 0.2) is 29.4 Å². The molecule has 7 heteroatoms. The fraction of sp³-hybridized carbons (Fsp3) is 0.500. The van der Waals surface area contributed by atoms with E-state index in [-0.39, 0.29) is 5.91 Å². The first kappa shape index (κ1) is 17.8. The Kier molecular flexibility index (Phi) is 5.63. The van der Waals surface area contributed by atoms with Gasteiger partial charge in [0.15, 0.2) is 5.16 Å². The average molecular weight is 360 g/mol. The highest BCUT2D eigenvalue weighted by Crippen LogP contribution is 2.36. The van der Waals surface area contributed by atoms with E-state index < -0.39 is 11.3 Å². The van der Waals surface area contributed by atoms with E-state index in [9.17, 15) is 9.59 Å². The number of para-hydroxylation sites is 2. The lowest BCUT2D eigenvalue weighted by Crippen LogP contribution is -2.41. The van der Waals surface area contributed by atoms with E-state index in [2.05, 4.69) is 21.3 Å². The van der Waals surface area contributed by atoms with Gasteiger partial charge in [-0.1, -0.05) is 43.2 Å². The summed E-state index contributed by atoms with van der Waals surface area (Å²) in [6.45, 7) is 1.80. The Bertz CT molecular complexity index is 768. The quantitative estimate of drug-likeness (QED) is 0.819. The van der Waals surface area contributed by atoms with E-state index in [1.54, 1.807) is 6.92 Å². The van der Waals surface area contributed by atoms with Gasteiger partial charge in [0, 0.05) is 13.1 Å². The van der Waals surface area contributed by atoms with Crippen molar-refractivity contribution in [3.63, 3.8) is 0 Å². The molecule has 1 heterocycles. The molecule has 0 bridgehead atoms. The Morgan fingerprint density at radius 2 is 1.96 bits per heavy atom. The summed E-state index contributed by atoms with van der Waals surface area (Å²) >= 11 is 1.41. The molecule has 25 heavy (non-hydrogen) atoms. The van der Waals surface area contributed by atoms with Crippen molar-refractivity contribution in [2.45, 2.75) is 55.5 Å². The molecule has 134 valence electrons. The number of thioether (sulfide) groups is 1. The van der Waals surface area contributed by atoms with Gasteiger partial charge >= 0.3 is 6.03 Å². The van der Waals surface area contributed by atoms with Gasteiger partial charge in [0.2, 0.25) is 5.91 Å². The van der Waals surface area contributed by atoms with Crippen molar-refractivity contribution in [2.75, 3.05) is 7.05 Å². The van der Waals surface area contributed by atoms with Crippen molar-refractivity contribution in [1.29, 1.82) is 0 Å². The highest BCUT2D eigenvalue weighted by molar-refractivity contribution is 8.00. The summed E-state index contributed by atoms with van der Waals surface area (Å²) in [5.41, 5.74) is 2.07. The monoisotopic (exact) mass is 360 g/mol. The third kappa shape index (κ3) is 3.98. The molecule has 1 atom stereocenters. The number of aromatic nitrogens is 2. The summed E-state index contributed by atoms with van der Waals surface area (Å²) in [6, 6.07) is 8.05. The maximum atomic E-state index is 12.2. The van der Waals surface area contributed by atoms with Gasteiger partial charge < -0.3 is 9.88 Å². The summed E-state index contributed by atoms with van der Waals surface area (Å²) in [4.78, 5) is 28.3. The first-order valence-corrected chi connectivity index (χ1v) is 9.64. The van der Waals surface area contributed by atoms with Gasteiger partial charge in [-0.15, -0.1) is 0 Å². The molecule has 0 radical (unpaired) electrons. The number of hydrogen-bond acceptors (Lipinski definition) is 4. The fourth-order valence-corrected chi connectivity index (χ4v) is 4.28. The molecule has 3 amide bonds. The van der Waals surface area contributed by atoms with Gasteiger partial charge in [-0.2, -0.15) is 0 Å². The number of benzene rings is 1. The van der Waals surface area contributed by atoms with E-state index in [0.717, 1.165) is 29.0 Å². The molecule has 1 saturated carbocycles. The van der Waals surface area contributed by atoms with Crippen molar-refractivity contribution >= 4 is 34.7 Å². The molecule has 2 aromatic rings. The molecule has 3 rings (SSSR count). The summed E-state index contributed by atoms with van der Waals surface area (Å²) in [5, 5.41) is 5.18. The second kappa shape index (κ2) is 7.91. The molecule has 1 aliphatic rings. The number of rotatable bonds is 4. The van der Waals surface area contributed by atoms with Crippen LogP contribution in [-0.4, -0.2) is 33.8 Å². The van der Waals surface area contributed by atoms with Crippen LogP contribution >= 0.6 is 11.8 Å². The highest BCUT2D eigenvalue weighted by atomic mass is 32.2. The normalized spacial score (nSPS) is 16.6. The second-order valence-corrected chi connectivity index (χ2v) is 7.68. The first-order valence-electron chi connectivity index (χ1n) is 8.76. The SMILES string of the molecule is CNC(=O)NC(=O)[C@H](C)Sc1nc2ccccc2n1C1CCCCC1. The van der Waals surface area contributed by atoms with Gasteiger partial charge in [0.05, 0.1) is 16.3 Å². The molecule has 0 aliphatic heterocycles. The summed E-state index contributed by atoms with van der Waals surface area (Å²) in [5.74, 6) is -0.313. The van der Waals surface area contributed by atoms with E-state index in [0.29, 0.717) is 6.04 Å². The van der Waals surface area contributed by atoms with Gasteiger partial charge in [0.1, 0.15) is 0 Å². The summed E-state index contributed by atoms with van der Waals surface area (Å²) in [7, 11) is 1.49. The van der Waals surface area contributed by atoms with Crippen molar-refractivity contribution in [3.05, 3.63) is 24.3 Å². The van der Waals surface area contributed by atoms with Gasteiger partial charge in [0.25, 0.3) is 0 Å². The third-order valence-electron chi connectivity index (χ3n) is 4.62. The Morgan fingerprint density at radius 3 is 2.68 bits per heavy atom. The number of imide groups is 1. The molecule has 0 saturated heterocycles. The van der Waals surface area contributed by atoms with Crippen molar-refractivity contribution in [2.24, 2.45) is 0 Å². The molecule has 1 aromatic carbocycles. The van der Waals surface area contributed by atoms with Gasteiger partial charge in [-0.3, -0.25) is 10.1 Å². The van der Waals surface area contributed by atoms with Gasteiger partial charge in [-0.25, -0.2) is 9.78 Å². The van der Waals surface area contributed by atoms with Crippen molar-refractivity contribution in [1.82, 2.24) is 20.2 Å². The Balaban J connectivity index is 1.87. The molecule has 1 aromatic heterocycles. The summed E-state index contributed by atoms with van der Waals surface area (Å²) in [6.07, 6.45) is 6.04.